The van der Waals surface area contributed by atoms with Crippen LogP contribution in [0.15, 0.2) is 0 Å². The molecule has 0 aromatic heterocycles. The summed E-state index contributed by atoms with van der Waals surface area (Å²) in [5.41, 5.74) is 0. The Labute approximate surface area is 144 Å². The molecule has 0 heterocycles. The molecular formula is C10H20LiNO7S3. The van der Waals surface area contributed by atoms with Crippen molar-refractivity contribution in [3.63, 3.8) is 0 Å². The van der Waals surface area contributed by atoms with Gasteiger partial charge in [0.15, 0.2) is 0 Å². The van der Waals surface area contributed by atoms with Gasteiger partial charge in [0.05, 0.1) is 26.9 Å². The third-order valence-electron chi connectivity index (χ3n) is 3.31. The standard InChI is InChI=1S/C10H21NO7S3.Li/c1-19(12,13)6-3-7-20(14,15)11-9-4-2-5-10(8-9)21(16,17)18;/h9-11H,2-8H2,1H3,(H,16,17,18);/q;+1/p-1. The second-order valence-electron chi connectivity index (χ2n) is 5.40. The summed E-state index contributed by atoms with van der Waals surface area (Å²) < 4.78 is 80.8. The zero-order valence-electron chi connectivity index (χ0n) is 12.7. The Kier molecular flexibility index (Phi) is 8.60. The van der Waals surface area contributed by atoms with Gasteiger partial charge in [-0.2, -0.15) is 0 Å². The van der Waals surface area contributed by atoms with Crippen molar-refractivity contribution < 1.29 is 48.7 Å². The van der Waals surface area contributed by atoms with Crippen LogP contribution in [0.25, 0.3) is 0 Å². The van der Waals surface area contributed by atoms with E-state index in [1.807, 2.05) is 0 Å². The Morgan fingerprint density at radius 1 is 1.05 bits per heavy atom. The van der Waals surface area contributed by atoms with Crippen molar-refractivity contribution in [3.8, 4) is 0 Å². The molecule has 1 aliphatic carbocycles. The number of rotatable bonds is 7. The van der Waals surface area contributed by atoms with E-state index >= 15 is 0 Å². The summed E-state index contributed by atoms with van der Waals surface area (Å²) in [6, 6.07) is -0.587. The van der Waals surface area contributed by atoms with E-state index in [1.165, 1.54) is 0 Å². The summed E-state index contributed by atoms with van der Waals surface area (Å²) in [6.45, 7) is 0. The van der Waals surface area contributed by atoms with Crippen molar-refractivity contribution in [2.24, 2.45) is 0 Å². The van der Waals surface area contributed by atoms with Crippen LogP contribution >= 0.6 is 0 Å². The van der Waals surface area contributed by atoms with Gasteiger partial charge in [0.2, 0.25) is 10.0 Å². The van der Waals surface area contributed by atoms with Gasteiger partial charge in [-0.1, -0.05) is 6.42 Å². The fourth-order valence-electron chi connectivity index (χ4n) is 2.34. The normalized spacial score (nSPS) is 23.7. The first-order valence-corrected chi connectivity index (χ1v) is 11.7. The topological polar surface area (TPSA) is 138 Å². The van der Waals surface area contributed by atoms with E-state index in [0.29, 0.717) is 12.8 Å². The SMILES string of the molecule is CS(=O)(=O)CCCS(=O)(=O)NC1CCCC(S(=O)(=O)[O-])C1.[Li+]. The van der Waals surface area contributed by atoms with Crippen molar-refractivity contribution in [1.29, 1.82) is 0 Å². The molecule has 0 saturated heterocycles. The summed E-state index contributed by atoms with van der Waals surface area (Å²) in [5.74, 6) is -0.568. The Hall–Kier alpha value is 0.367. The predicted molar refractivity (Wildman–Crippen MR) is 77.0 cm³/mol. The molecule has 1 fully saturated rings. The van der Waals surface area contributed by atoms with Crippen LogP contribution in [0.3, 0.4) is 0 Å². The number of hydrogen-bond donors (Lipinski definition) is 1. The molecule has 2 unspecified atom stereocenters. The fraction of sp³-hybridized carbons (Fsp3) is 1.00. The van der Waals surface area contributed by atoms with Gasteiger partial charge in [-0.3, -0.25) is 0 Å². The third kappa shape index (κ3) is 8.86. The smallest absolute Gasteiger partial charge is 0.748 e. The van der Waals surface area contributed by atoms with Crippen molar-refractivity contribution in [2.75, 3.05) is 17.8 Å². The minimum atomic E-state index is -4.41. The summed E-state index contributed by atoms with van der Waals surface area (Å²) >= 11 is 0. The van der Waals surface area contributed by atoms with Crippen molar-refractivity contribution in [2.45, 2.75) is 43.4 Å². The monoisotopic (exact) mass is 369 g/mol. The van der Waals surface area contributed by atoms with Crippen LogP contribution in [0, 0.1) is 0 Å². The molecule has 0 spiro atoms. The molecular weight excluding hydrogens is 349 g/mol. The van der Waals surface area contributed by atoms with Crippen LogP contribution in [-0.2, 0) is 30.0 Å². The Bertz CT molecular complexity index is 657. The van der Waals surface area contributed by atoms with Gasteiger partial charge < -0.3 is 4.55 Å². The second-order valence-corrected chi connectivity index (χ2v) is 11.2. The van der Waals surface area contributed by atoms with Gasteiger partial charge in [0.25, 0.3) is 0 Å². The van der Waals surface area contributed by atoms with E-state index in [2.05, 4.69) is 4.72 Å². The average Bonchev–Trinajstić information content (AvgIpc) is 2.25. The van der Waals surface area contributed by atoms with Gasteiger partial charge in [-0.05, 0) is 25.7 Å². The molecule has 0 radical (unpaired) electrons. The number of nitrogens with one attached hydrogen (secondary N) is 1. The van der Waals surface area contributed by atoms with E-state index in [-0.39, 0.29) is 49.6 Å². The van der Waals surface area contributed by atoms with E-state index in [0.717, 1.165) is 6.26 Å². The van der Waals surface area contributed by atoms with E-state index < -0.39 is 41.3 Å². The molecule has 1 rings (SSSR count). The molecule has 0 bridgehead atoms. The molecule has 0 aromatic carbocycles. The van der Waals surface area contributed by atoms with E-state index in [1.54, 1.807) is 0 Å². The Balaban J connectivity index is 0.00000441. The number of sulfone groups is 1. The fourth-order valence-corrected chi connectivity index (χ4v) is 5.48. The summed E-state index contributed by atoms with van der Waals surface area (Å²) in [7, 11) is -11.3. The molecule has 1 saturated carbocycles. The maximum absolute atomic E-state index is 11.8. The van der Waals surface area contributed by atoms with Crippen LogP contribution in [0.1, 0.15) is 32.1 Å². The van der Waals surface area contributed by atoms with Crippen LogP contribution in [0.5, 0.6) is 0 Å². The van der Waals surface area contributed by atoms with E-state index in [9.17, 15) is 29.8 Å². The van der Waals surface area contributed by atoms with Crippen LogP contribution in [0.2, 0.25) is 0 Å². The molecule has 0 aliphatic heterocycles. The maximum atomic E-state index is 11.8. The molecule has 126 valence electrons. The summed E-state index contributed by atoms with van der Waals surface area (Å²) in [4.78, 5) is 0. The van der Waals surface area contributed by atoms with Crippen LogP contribution < -0.4 is 23.6 Å². The first kappa shape index (κ1) is 22.4. The molecule has 22 heavy (non-hydrogen) atoms. The van der Waals surface area contributed by atoms with Gasteiger partial charge in [-0.25, -0.2) is 30.0 Å². The van der Waals surface area contributed by atoms with Crippen molar-refractivity contribution in [1.82, 2.24) is 4.72 Å². The minimum Gasteiger partial charge on any atom is -0.748 e. The largest absolute Gasteiger partial charge is 1.00 e. The molecule has 1 aliphatic rings. The third-order valence-corrected chi connectivity index (χ3v) is 7.10. The molecule has 12 heteroatoms. The predicted octanol–water partition coefficient (Wildman–Crippen LogP) is -3.80. The Morgan fingerprint density at radius 3 is 2.14 bits per heavy atom. The molecule has 2 atom stereocenters. The summed E-state index contributed by atoms with van der Waals surface area (Å²) in [6.07, 6.45) is 2.15. The number of sulfonamides is 1. The van der Waals surface area contributed by atoms with Crippen molar-refractivity contribution >= 4 is 30.0 Å². The zero-order valence-corrected chi connectivity index (χ0v) is 15.1. The molecule has 0 amide bonds. The van der Waals surface area contributed by atoms with Crippen LogP contribution in [-0.4, -0.2) is 58.9 Å². The maximum Gasteiger partial charge on any atom is 1.00 e. The quantitative estimate of drug-likeness (QED) is 0.359. The van der Waals surface area contributed by atoms with Crippen molar-refractivity contribution in [3.05, 3.63) is 0 Å². The van der Waals surface area contributed by atoms with Crippen LogP contribution in [0.4, 0.5) is 0 Å². The molecule has 1 N–H and O–H groups in total. The first-order valence-electron chi connectivity index (χ1n) is 6.51. The Morgan fingerprint density at radius 2 is 1.64 bits per heavy atom. The minimum absolute atomic E-state index is 0. The number of hydrogen-bond acceptors (Lipinski definition) is 7. The first-order chi connectivity index (χ1) is 9.39. The van der Waals surface area contributed by atoms with Gasteiger partial charge in [0, 0.05) is 12.3 Å². The zero-order chi connectivity index (χ0) is 16.3. The summed E-state index contributed by atoms with van der Waals surface area (Å²) in [5, 5.41) is -1.06. The average molecular weight is 369 g/mol. The second kappa shape index (κ2) is 8.46. The molecule has 8 nitrogen and oxygen atoms in total. The van der Waals surface area contributed by atoms with Gasteiger partial charge in [-0.15, -0.1) is 0 Å². The van der Waals surface area contributed by atoms with E-state index in [4.69, 9.17) is 0 Å². The molecule has 0 aromatic rings. The van der Waals surface area contributed by atoms with Gasteiger partial charge >= 0.3 is 18.9 Å². The van der Waals surface area contributed by atoms with Gasteiger partial charge in [0.1, 0.15) is 9.84 Å².